The van der Waals surface area contributed by atoms with Crippen molar-refractivity contribution in [3.63, 3.8) is 0 Å². The first-order valence-corrected chi connectivity index (χ1v) is 3.81. The predicted molar refractivity (Wildman–Crippen MR) is 39.9 cm³/mol. The minimum atomic E-state index is -1.80. The van der Waals surface area contributed by atoms with Crippen LogP contribution in [0.4, 0.5) is 0 Å². The lowest BCUT2D eigenvalue weighted by atomic mass is 10.1. The third-order valence-electron chi connectivity index (χ3n) is 1.91. The summed E-state index contributed by atoms with van der Waals surface area (Å²) in [6, 6.07) is 0. The van der Waals surface area contributed by atoms with E-state index in [4.69, 9.17) is 5.11 Å². The SMILES string of the molecule is COC(=O)[C@@H](O)[C@H]1OC(=O)[C@H](O)[C@H]1O. The molecule has 4 atom stereocenters. The summed E-state index contributed by atoms with van der Waals surface area (Å²) in [5.74, 6) is -2.12. The molecule has 7 heteroatoms. The molecule has 0 aromatic rings. The van der Waals surface area contributed by atoms with Gasteiger partial charge in [-0.3, -0.25) is 0 Å². The number of ether oxygens (including phenoxy) is 2. The molecule has 1 aliphatic heterocycles. The normalized spacial score (nSPS) is 33.7. The third kappa shape index (κ3) is 1.69. The second kappa shape index (κ2) is 3.91. The molecule has 3 N–H and O–H groups in total. The Hall–Kier alpha value is -1.18. The molecule has 0 radical (unpaired) electrons. The largest absolute Gasteiger partial charge is 0.467 e. The van der Waals surface area contributed by atoms with Crippen molar-refractivity contribution >= 4 is 11.9 Å². The van der Waals surface area contributed by atoms with E-state index in [9.17, 15) is 19.8 Å². The zero-order valence-electron chi connectivity index (χ0n) is 7.28. The molecule has 0 saturated carbocycles. The number of carbonyl (C=O) groups is 2. The quantitative estimate of drug-likeness (QED) is 0.417. The number of aliphatic hydroxyl groups excluding tert-OH is 3. The number of rotatable bonds is 2. The molecule has 1 aliphatic rings. The molecule has 0 aromatic heterocycles. The first-order chi connectivity index (χ1) is 6.49. The Labute approximate surface area is 78.9 Å². The van der Waals surface area contributed by atoms with Crippen LogP contribution in [0.25, 0.3) is 0 Å². The molecular weight excluding hydrogens is 196 g/mol. The van der Waals surface area contributed by atoms with Crippen LogP contribution in [0.15, 0.2) is 0 Å². The second-order valence-corrected chi connectivity index (χ2v) is 2.80. The van der Waals surface area contributed by atoms with Crippen LogP contribution in [0.2, 0.25) is 0 Å². The maximum absolute atomic E-state index is 10.8. The summed E-state index contributed by atoms with van der Waals surface area (Å²) >= 11 is 0. The Morgan fingerprint density at radius 1 is 1.57 bits per heavy atom. The Balaban J connectivity index is 2.71. The fourth-order valence-corrected chi connectivity index (χ4v) is 1.10. The summed E-state index contributed by atoms with van der Waals surface area (Å²) in [6.45, 7) is 0. The maximum Gasteiger partial charge on any atom is 0.338 e. The highest BCUT2D eigenvalue weighted by molar-refractivity contribution is 5.81. The van der Waals surface area contributed by atoms with E-state index in [1.54, 1.807) is 0 Å². The van der Waals surface area contributed by atoms with Crippen LogP contribution in [0, 0.1) is 0 Å². The topological polar surface area (TPSA) is 113 Å². The smallest absolute Gasteiger partial charge is 0.338 e. The first kappa shape index (κ1) is 10.9. The molecule has 14 heavy (non-hydrogen) atoms. The lowest BCUT2D eigenvalue weighted by Crippen LogP contribution is -2.43. The van der Waals surface area contributed by atoms with E-state index < -0.39 is 36.4 Å². The molecular formula is C7H10O7. The van der Waals surface area contributed by atoms with Gasteiger partial charge in [0.2, 0.25) is 0 Å². The van der Waals surface area contributed by atoms with Crippen molar-refractivity contribution in [2.24, 2.45) is 0 Å². The standard InChI is InChI=1S/C7H10O7/c1-13-6(11)4(10)5-2(8)3(9)7(12)14-5/h2-5,8-10H,1H3/t2-,3-,4+,5+/m1/s1. The van der Waals surface area contributed by atoms with E-state index in [1.807, 2.05) is 0 Å². The van der Waals surface area contributed by atoms with Crippen LogP contribution in [-0.4, -0.2) is 58.8 Å². The highest BCUT2D eigenvalue weighted by Crippen LogP contribution is 2.19. The lowest BCUT2D eigenvalue weighted by Gasteiger charge is -2.17. The van der Waals surface area contributed by atoms with Gasteiger partial charge in [0.1, 0.15) is 6.10 Å². The van der Waals surface area contributed by atoms with E-state index in [-0.39, 0.29) is 0 Å². The van der Waals surface area contributed by atoms with Crippen molar-refractivity contribution < 1.29 is 34.4 Å². The number of aliphatic hydroxyl groups is 3. The third-order valence-corrected chi connectivity index (χ3v) is 1.91. The van der Waals surface area contributed by atoms with Crippen LogP contribution in [-0.2, 0) is 19.1 Å². The van der Waals surface area contributed by atoms with Crippen LogP contribution in [0.1, 0.15) is 0 Å². The summed E-state index contributed by atoms with van der Waals surface area (Å²) in [4.78, 5) is 21.5. The molecule has 1 saturated heterocycles. The van der Waals surface area contributed by atoms with E-state index in [1.165, 1.54) is 0 Å². The Kier molecular flexibility index (Phi) is 3.04. The van der Waals surface area contributed by atoms with E-state index in [0.717, 1.165) is 7.11 Å². The molecule has 1 heterocycles. The van der Waals surface area contributed by atoms with Gasteiger partial charge >= 0.3 is 11.9 Å². The summed E-state index contributed by atoms with van der Waals surface area (Å²) in [6.07, 6.45) is -6.64. The van der Waals surface area contributed by atoms with Crippen molar-refractivity contribution in [1.29, 1.82) is 0 Å². The molecule has 1 rings (SSSR count). The van der Waals surface area contributed by atoms with E-state index in [2.05, 4.69) is 9.47 Å². The molecule has 80 valence electrons. The number of hydrogen-bond acceptors (Lipinski definition) is 7. The van der Waals surface area contributed by atoms with Crippen LogP contribution < -0.4 is 0 Å². The van der Waals surface area contributed by atoms with E-state index >= 15 is 0 Å². The number of esters is 2. The minimum absolute atomic E-state index is 1.03. The van der Waals surface area contributed by atoms with Crippen LogP contribution in [0.3, 0.4) is 0 Å². The molecule has 7 nitrogen and oxygen atoms in total. The number of cyclic esters (lactones) is 1. The van der Waals surface area contributed by atoms with Crippen molar-refractivity contribution in [2.75, 3.05) is 7.11 Å². The molecule has 1 fully saturated rings. The Morgan fingerprint density at radius 3 is 2.50 bits per heavy atom. The van der Waals surface area contributed by atoms with Gasteiger partial charge in [0.05, 0.1) is 7.11 Å². The molecule has 0 spiro atoms. The summed E-state index contributed by atoms with van der Waals surface area (Å²) in [5, 5.41) is 27.3. The zero-order chi connectivity index (χ0) is 10.9. The number of carbonyl (C=O) groups excluding carboxylic acids is 2. The molecule has 0 amide bonds. The zero-order valence-corrected chi connectivity index (χ0v) is 7.28. The van der Waals surface area contributed by atoms with Crippen molar-refractivity contribution in [1.82, 2.24) is 0 Å². The average Bonchev–Trinajstić information content (AvgIpc) is 2.43. The van der Waals surface area contributed by atoms with Gasteiger partial charge in [-0.25, -0.2) is 9.59 Å². The highest BCUT2D eigenvalue weighted by atomic mass is 16.6. The lowest BCUT2D eigenvalue weighted by molar-refractivity contribution is -0.164. The number of hydrogen-bond donors (Lipinski definition) is 3. The fourth-order valence-electron chi connectivity index (χ4n) is 1.10. The van der Waals surface area contributed by atoms with Gasteiger partial charge in [0.25, 0.3) is 0 Å². The van der Waals surface area contributed by atoms with Gasteiger partial charge in [0, 0.05) is 0 Å². The van der Waals surface area contributed by atoms with Crippen LogP contribution >= 0.6 is 0 Å². The molecule has 0 bridgehead atoms. The molecule has 0 aliphatic carbocycles. The van der Waals surface area contributed by atoms with Gasteiger partial charge in [0.15, 0.2) is 18.3 Å². The summed E-state index contributed by atoms with van der Waals surface area (Å²) in [7, 11) is 1.03. The second-order valence-electron chi connectivity index (χ2n) is 2.80. The van der Waals surface area contributed by atoms with Gasteiger partial charge in [-0.15, -0.1) is 0 Å². The Morgan fingerprint density at radius 2 is 2.14 bits per heavy atom. The van der Waals surface area contributed by atoms with Crippen molar-refractivity contribution in [3.05, 3.63) is 0 Å². The monoisotopic (exact) mass is 206 g/mol. The van der Waals surface area contributed by atoms with Gasteiger partial charge in [-0.05, 0) is 0 Å². The van der Waals surface area contributed by atoms with Crippen molar-refractivity contribution in [2.45, 2.75) is 24.4 Å². The molecule has 0 unspecified atom stereocenters. The maximum atomic E-state index is 10.8. The summed E-state index contributed by atoms with van der Waals surface area (Å²) in [5.41, 5.74) is 0. The first-order valence-electron chi connectivity index (χ1n) is 3.81. The fraction of sp³-hybridized carbons (Fsp3) is 0.714. The van der Waals surface area contributed by atoms with E-state index in [0.29, 0.717) is 0 Å². The minimum Gasteiger partial charge on any atom is -0.467 e. The summed E-state index contributed by atoms with van der Waals surface area (Å²) < 4.78 is 8.55. The number of methoxy groups -OCH3 is 1. The van der Waals surface area contributed by atoms with Crippen molar-refractivity contribution in [3.8, 4) is 0 Å². The highest BCUT2D eigenvalue weighted by Gasteiger charge is 2.48. The van der Waals surface area contributed by atoms with Gasteiger partial charge < -0.3 is 24.8 Å². The molecule has 0 aromatic carbocycles. The Bertz CT molecular complexity index is 250. The van der Waals surface area contributed by atoms with Gasteiger partial charge in [-0.1, -0.05) is 0 Å². The van der Waals surface area contributed by atoms with Crippen LogP contribution in [0.5, 0.6) is 0 Å². The van der Waals surface area contributed by atoms with Gasteiger partial charge in [-0.2, -0.15) is 0 Å². The average molecular weight is 206 g/mol. The predicted octanol–water partition coefficient (Wildman–Crippen LogP) is -2.83.